The lowest BCUT2D eigenvalue weighted by Gasteiger charge is -2.19. The van der Waals surface area contributed by atoms with Crippen LogP contribution < -0.4 is 5.73 Å². The molecule has 0 radical (unpaired) electrons. The third-order valence-electron chi connectivity index (χ3n) is 2.42. The van der Waals surface area contributed by atoms with Gasteiger partial charge in [0.15, 0.2) is 0 Å². The second-order valence-corrected chi connectivity index (χ2v) is 3.94. The Kier molecular flexibility index (Phi) is 3.93. The Bertz CT molecular complexity index is 314. The van der Waals surface area contributed by atoms with Gasteiger partial charge in [0.1, 0.15) is 0 Å². The Hall–Kier alpha value is -0.570. The van der Waals surface area contributed by atoms with Gasteiger partial charge in [-0.15, -0.1) is 0 Å². The molecule has 0 aliphatic carbocycles. The zero-order valence-corrected chi connectivity index (χ0v) is 9.25. The van der Waals surface area contributed by atoms with Crippen molar-refractivity contribution in [2.75, 3.05) is 0 Å². The van der Waals surface area contributed by atoms with Crippen molar-refractivity contribution in [3.8, 4) is 0 Å². The molecule has 1 aromatic rings. The molecule has 0 fully saturated rings. The number of aliphatic hydroxyl groups excluding tert-OH is 1. The van der Waals surface area contributed by atoms with E-state index < -0.39 is 6.10 Å². The van der Waals surface area contributed by atoms with Crippen LogP contribution in [-0.4, -0.2) is 11.2 Å². The SMILES string of the molecule is CC[C@@H](O)[C@@H](N)c1ccc(Cl)cc1C. The highest BCUT2D eigenvalue weighted by molar-refractivity contribution is 6.30. The first-order valence-corrected chi connectivity index (χ1v) is 5.13. The number of halogens is 1. The number of hydrogen-bond acceptors (Lipinski definition) is 2. The van der Waals surface area contributed by atoms with E-state index in [1.54, 1.807) is 6.07 Å². The van der Waals surface area contributed by atoms with Gasteiger partial charge >= 0.3 is 0 Å². The van der Waals surface area contributed by atoms with Crippen molar-refractivity contribution in [2.24, 2.45) is 5.73 Å². The number of rotatable bonds is 3. The number of aryl methyl sites for hydroxylation is 1. The van der Waals surface area contributed by atoms with Crippen LogP contribution in [0.1, 0.15) is 30.5 Å². The van der Waals surface area contributed by atoms with Gasteiger partial charge < -0.3 is 10.8 Å². The van der Waals surface area contributed by atoms with Crippen molar-refractivity contribution >= 4 is 11.6 Å². The number of nitrogens with two attached hydrogens (primary N) is 1. The number of hydrogen-bond donors (Lipinski definition) is 2. The van der Waals surface area contributed by atoms with Crippen LogP contribution >= 0.6 is 11.6 Å². The first kappa shape index (κ1) is 11.5. The van der Waals surface area contributed by atoms with Gasteiger partial charge in [-0.1, -0.05) is 24.6 Å². The molecule has 1 rings (SSSR count). The van der Waals surface area contributed by atoms with Crippen molar-refractivity contribution in [2.45, 2.75) is 32.4 Å². The Morgan fingerprint density at radius 2 is 2.14 bits per heavy atom. The zero-order valence-electron chi connectivity index (χ0n) is 8.50. The van der Waals surface area contributed by atoms with Gasteiger partial charge in [-0.25, -0.2) is 0 Å². The number of aliphatic hydroxyl groups is 1. The maximum atomic E-state index is 9.62. The van der Waals surface area contributed by atoms with Crippen LogP contribution in [0.25, 0.3) is 0 Å². The van der Waals surface area contributed by atoms with Crippen LogP contribution in [-0.2, 0) is 0 Å². The molecule has 3 N–H and O–H groups in total. The average molecular weight is 214 g/mol. The molecule has 0 spiro atoms. The molecule has 0 aromatic heterocycles. The van der Waals surface area contributed by atoms with Crippen LogP contribution in [0.4, 0.5) is 0 Å². The van der Waals surface area contributed by atoms with E-state index in [2.05, 4.69) is 0 Å². The Balaban J connectivity index is 2.95. The van der Waals surface area contributed by atoms with Crippen molar-refractivity contribution in [3.63, 3.8) is 0 Å². The predicted octanol–water partition coefficient (Wildman–Crippen LogP) is 2.42. The molecule has 1 aromatic carbocycles. The van der Waals surface area contributed by atoms with Gasteiger partial charge in [0.25, 0.3) is 0 Å². The van der Waals surface area contributed by atoms with Gasteiger partial charge in [0, 0.05) is 5.02 Å². The first-order chi connectivity index (χ1) is 6.56. The van der Waals surface area contributed by atoms with Gasteiger partial charge in [-0.05, 0) is 36.6 Å². The summed E-state index contributed by atoms with van der Waals surface area (Å²) in [7, 11) is 0. The highest BCUT2D eigenvalue weighted by Crippen LogP contribution is 2.22. The lowest BCUT2D eigenvalue weighted by molar-refractivity contribution is 0.140. The fourth-order valence-corrected chi connectivity index (χ4v) is 1.70. The smallest absolute Gasteiger partial charge is 0.0730 e. The minimum atomic E-state index is -0.491. The maximum Gasteiger partial charge on any atom is 0.0730 e. The molecule has 0 unspecified atom stereocenters. The van der Waals surface area contributed by atoms with Gasteiger partial charge in [-0.2, -0.15) is 0 Å². The molecule has 2 nitrogen and oxygen atoms in total. The van der Waals surface area contributed by atoms with Crippen LogP contribution in [0.2, 0.25) is 5.02 Å². The number of benzene rings is 1. The normalized spacial score (nSPS) is 15.2. The summed E-state index contributed by atoms with van der Waals surface area (Å²) in [5, 5.41) is 10.3. The van der Waals surface area contributed by atoms with E-state index >= 15 is 0 Å². The highest BCUT2D eigenvalue weighted by atomic mass is 35.5. The molecule has 0 saturated carbocycles. The van der Waals surface area contributed by atoms with Crippen molar-refractivity contribution < 1.29 is 5.11 Å². The summed E-state index contributed by atoms with van der Waals surface area (Å²) in [5.74, 6) is 0. The third-order valence-corrected chi connectivity index (χ3v) is 2.66. The molecule has 2 atom stereocenters. The van der Waals surface area contributed by atoms with E-state index in [1.807, 2.05) is 26.0 Å². The molecule has 0 heterocycles. The molecule has 0 aliphatic heterocycles. The third kappa shape index (κ3) is 2.47. The Morgan fingerprint density at radius 1 is 1.50 bits per heavy atom. The summed E-state index contributed by atoms with van der Waals surface area (Å²) >= 11 is 5.83. The van der Waals surface area contributed by atoms with Crippen LogP contribution in [0.3, 0.4) is 0 Å². The summed E-state index contributed by atoms with van der Waals surface area (Å²) in [5.41, 5.74) is 7.89. The topological polar surface area (TPSA) is 46.2 Å². The monoisotopic (exact) mass is 213 g/mol. The van der Waals surface area contributed by atoms with Crippen LogP contribution in [0.5, 0.6) is 0 Å². The molecule has 0 saturated heterocycles. The molecule has 3 heteroatoms. The molecule has 0 bridgehead atoms. The largest absolute Gasteiger partial charge is 0.391 e. The molecular formula is C11H16ClNO. The second-order valence-electron chi connectivity index (χ2n) is 3.50. The lowest BCUT2D eigenvalue weighted by Crippen LogP contribution is -2.26. The van der Waals surface area contributed by atoms with Crippen molar-refractivity contribution in [1.29, 1.82) is 0 Å². The van der Waals surface area contributed by atoms with Crippen LogP contribution in [0, 0.1) is 6.92 Å². The van der Waals surface area contributed by atoms with Gasteiger partial charge in [0.05, 0.1) is 12.1 Å². The molecular weight excluding hydrogens is 198 g/mol. The fraction of sp³-hybridized carbons (Fsp3) is 0.455. The summed E-state index contributed by atoms with van der Waals surface area (Å²) in [6.45, 7) is 3.86. The Labute approximate surface area is 89.7 Å². The van der Waals surface area contributed by atoms with Crippen LogP contribution in [0.15, 0.2) is 18.2 Å². The molecule has 0 amide bonds. The molecule has 0 aliphatic rings. The summed E-state index contributed by atoms with van der Waals surface area (Å²) < 4.78 is 0. The van der Waals surface area contributed by atoms with E-state index in [1.165, 1.54) is 0 Å². The van der Waals surface area contributed by atoms with Gasteiger partial charge in [-0.3, -0.25) is 0 Å². The fourth-order valence-electron chi connectivity index (χ4n) is 1.47. The molecule has 14 heavy (non-hydrogen) atoms. The second kappa shape index (κ2) is 4.78. The van der Waals surface area contributed by atoms with E-state index in [0.29, 0.717) is 11.4 Å². The minimum Gasteiger partial charge on any atom is -0.391 e. The maximum absolute atomic E-state index is 9.62. The first-order valence-electron chi connectivity index (χ1n) is 4.76. The standard InChI is InChI=1S/C11H16ClNO/c1-3-10(14)11(13)9-5-4-8(12)6-7(9)2/h4-6,10-11,14H,3,13H2,1-2H3/t10-,11+/m1/s1. The van der Waals surface area contributed by atoms with Crippen molar-refractivity contribution in [3.05, 3.63) is 34.3 Å². The summed E-state index contributed by atoms with van der Waals surface area (Å²) in [6.07, 6.45) is 0.165. The van der Waals surface area contributed by atoms with E-state index in [0.717, 1.165) is 11.1 Å². The van der Waals surface area contributed by atoms with E-state index in [9.17, 15) is 5.11 Å². The average Bonchev–Trinajstić information content (AvgIpc) is 2.15. The summed E-state index contributed by atoms with van der Waals surface area (Å²) in [4.78, 5) is 0. The predicted molar refractivity (Wildman–Crippen MR) is 59.4 cm³/mol. The summed E-state index contributed by atoms with van der Waals surface area (Å²) in [6, 6.07) is 5.21. The minimum absolute atomic E-state index is 0.322. The highest BCUT2D eigenvalue weighted by Gasteiger charge is 2.16. The Morgan fingerprint density at radius 3 is 2.64 bits per heavy atom. The quantitative estimate of drug-likeness (QED) is 0.810. The molecule has 78 valence electrons. The van der Waals surface area contributed by atoms with E-state index in [4.69, 9.17) is 17.3 Å². The van der Waals surface area contributed by atoms with Gasteiger partial charge in [0.2, 0.25) is 0 Å². The van der Waals surface area contributed by atoms with Crippen molar-refractivity contribution in [1.82, 2.24) is 0 Å². The van der Waals surface area contributed by atoms with E-state index in [-0.39, 0.29) is 6.04 Å². The lowest BCUT2D eigenvalue weighted by atomic mass is 9.96. The zero-order chi connectivity index (χ0) is 10.7.